The van der Waals surface area contributed by atoms with Crippen LogP contribution in [0.25, 0.3) is 0 Å². The molecular weight excluding hydrogens is 572 g/mol. The van der Waals surface area contributed by atoms with Crippen molar-refractivity contribution in [2.24, 2.45) is 5.92 Å². The van der Waals surface area contributed by atoms with E-state index >= 15 is 0 Å². The van der Waals surface area contributed by atoms with Crippen LogP contribution >= 0.6 is 0 Å². The highest BCUT2D eigenvalue weighted by atomic mass is 16.5. The zero-order valence-electron chi connectivity index (χ0n) is 28.8. The van der Waals surface area contributed by atoms with Crippen LogP contribution in [0.1, 0.15) is 115 Å². The first-order chi connectivity index (χ1) is 22.3. The molecule has 6 heteroatoms. The number of carbonyl (C=O) groups excluding carboxylic acids is 2. The van der Waals surface area contributed by atoms with Gasteiger partial charge < -0.3 is 14.4 Å². The summed E-state index contributed by atoms with van der Waals surface area (Å²) in [6, 6.07) is 15.6. The van der Waals surface area contributed by atoms with Crippen LogP contribution < -0.4 is 9.47 Å². The van der Waals surface area contributed by atoms with Crippen molar-refractivity contribution in [1.29, 1.82) is 0 Å². The number of aryl methyl sites for hydroxylation is 1. The summed E-state index contributed by atoms with van der Waals surface area (Å²) in [5, 5.41) is 0. The number of likely N-dealkylation sites (tertiary alicyclic amines) is 1. The van der Waals surface area contributed by atoms with Crippen molar-refractivity contribution >= 4 is 11.7 Å². The van der Waals surface area contributed by atoms with E-state index in [4.69, 9.17) is 9.47 Å². The van der Waals surface area contributed by atoms with Gasteiger partial charge in [-0.2, -0.15) is 0 Å². The average Bonchev–Trinajstić information content (AvgIpc) is 3.39. The summed E-state index contributed by atoms with van der Waals surface area (Å²) in [7, 11) is 1.73. The van der Waals surface area contributed by atoms with Crippen molar-refractivity contribution in [2.75, 3.05) is 20.2 Å². The molecule has 0 unspecified atom stereocenters. The van der Waals surface area contributed by atoms with E-state index in [0.29, 0.717) is 24.9 Å². The molecule has 6 nitrogen and oxygen atoms in total. The topological polar surface area (TPSA) is 59.1 Å². The lowest BCUT2D eigenvalue weighted by Gasteiger charge is -2.60. The minimum Gasteiger partial charge on any atom is -0.493 e. The molecule has 2 aliphatic carbocycles. The number of hydrogen-bond donors (Lipinski definition) is 0. The Hall–Kier alpha value is -2.86. The number of ketones is 1. The minimum atomic E-state index is -0.132. The van der Waals surface area contributed by atoms with Gasteiger partial charge in [-0.1, -0.05) is 74.9 Å². The predicted octanol–water partition coefficient (Wildman–Crippen LogP) is 7.68. The van der Waals surface area contributed by atoms with Gasteiger partial charge in [-0.3, -0.25) is 14.5 Å². The van der Waals surface area contributed by atoms with Crippen LogP contribution in [0.4, 0.5) is 0 Å². The molecule has 2 aromatic carbocycles. The maximum absolute atomic E-state index is 14.0. The molecule has 1 spiro atoms. The second kappa shape index (κ2) is 14.5. The zero-order valence-corrected chi connectivity index (χ0v) is 28.8. The average molecular weight is 629 g/mol. The summed E-state index contributed by atoms with van der Waals surface area (Å²) in [5.74, 6) is 2.66. The molecule has 0 radical (unpaired) electrons. The van der Waals surface area contributed by atoms with Gasteiger partial charge in [-0.25, -0.2) is 0 Å². The molecule has 46 heavy (non-hydrogen) atoms. The molecule has 1 amide bonds. The Bertz CT molecular complexity index is 1360. The van der Waals surface area contributed by atoms with Crippen LogP contribution in [0.5, 0.6) is 11.5 Å². The first-order valence-electron chi connectivity index (χ1n) is 18.3. The minimum absolute atomic E-state index is 0.0442. The lowest BCUT2D eigenvalue weighted by molar-refractivity contribution is -0.146. The molecule has 2 heterocycles. The van der Waals surface area contributed by atoms with E-state index in [1.165, 1.54) is 61.6 Å². The molecule has 6 rings (SSSR count). The van der Waals surface area contributed by atoms with Gasteiger partial charge >= 0.3 is 0 Å². The van der Waals surface area contributed by atoms with Gasteiger partial charge in [0.2, 0.25) is 5.91 Å². The van der Waals surface area contributed by atoms with Crippen molar-refractivity contribution in [1.82, 2.24) is 9.80 Å². The molecule has 1 saturated heterocycles. The fourth-order valence-electron chi connectivity index (χ4n) is 9.81. The highest BCUT2D eigenvalue weighted by molar-refractivity contribution is 5.78. The van der Waals surface area contributed by atoms with E-state index in [9.17, 15) is 9.59 Å². The third-order valence-corrected chi connectivity index (χ3v) is 11.7. The molecule has 2 aliphatic heterocycles. The normalized spacial score (nSPS) is 26.0. The third-order valence-electron chi connectivity index (χ3n) is 11.7. The number of benzene rings is 2. The number of nitrogens with zero attached hydrogens (tertiary/aromatic N) is 2. The van der Waals surface area contributed by atoms with Gasteiger partial charge in [-0.05, 0) is 95.4 Å². The summed E-state index contributed by atoms with van der Waals surface area (Å²) in [6.07, 6.45) is 15.4. The Morgan fingerprint density at radius 2 is 1.70 bits per heavy atom. The fourth-order valence-corrected chi connectivity index (χ4v) is 9.81. The van der Waals surface area contributed by atoms with E-state index in [0.717, 1.165) is 56.6 Å². The molecule has 0 aromatic heterocycles. The number of unbranched alkanes of at least 4 members (excludes halogenated alkanes) is 7. The number of Topliss-reactive ketones (excluding diaryl/α,β-unsaturated/α-hetero) is 1. The van der Waals surface area contributed by atoms with E-state index < -0.39 is 0 Å². The summed E-state index contributed by atoms with van der Waals surface area (Å²) in [6.45, 7) is 7.48. The van der Waals surface area contributed by atoms with Crippen molar-refractivity contribution in [3.8, 4) is 11.5 Å². The van der Waals surface area contributed by atoms with Crippen LogP contribution in [-0.2, 0) is 27.8 Å². The van der Waals surface area contributed by atoms with Crippen molar-refractivity contribution in [3.05, 3.63) is 59.2 Å². The van der Waals surface area contributed by atoms with Crippen LogP contribution in [-0.4, -0.2) is 65.9 Å². The quantitative estimate of drug-likeness (QED) is 0.179. The molecule has 0 N–H and O–H groups in total. The molecule has 2 fully saturated rings. The number of piperidine rings is 1. The predicted molar refractivity (Wildman–Crippen MR) is 184 cm³/mol. The first-order valence-corrected chi connectivity index (χ1v) is 18.3. The Balaban J connectivity index is 1.07. The van der Waals surface area contributed by atoms with Crippen LogP contribution in [0.2, 0.25) is 0 Å². The summed E-state index contributed by atoms with van der Waals surface area (Å²) < 4.78 is 12.9. The van der Waals surface area contributed by atoms with Gasteiger partial charge in [0.25, 0.3) is 0 Å². The van der Waals surface area contributed by atoms with Crippen LogP contribution in [0, 0.1) is 5.92 Å². The summed E-state index contributed by atoms with van der Waals surface area (Å²) in [5.41, 5.74) is 4.00. The molecule has 2 aromatic rings. The van der Waals surface area contributed by atoms with Gasteiger partial charge in [0.1, 0.15) is 11.9 Å². The standard InChI is InChI=1S/C40H56N2O4/c1-28(2)42(36(44)19-15-10-8-6-5-7-9-12-16-30-17-13-11-14-18-30)33-22-21-32-34-26-31-20-23-35(45-4)38-37(31)40(32,39(33)46-38)24-25-41(34)27-29(3)43/h11,13-14,17-18,20,23,28,32-34,39H,5-10,12,15-16,19,21-22,24-27H2,1-4H3/t32-,33+,34+,39-,40-/m0/s1. The highest BCUT2D eigenvalue weighted by Crippen LogP contribution is 2.64. The number of hydrogen-bond acceptors (Lipinski definition) is 5. The molecule has 1 saturated carbocycles. The smallest absolute Gasteiger partial charge is 0.223 e. The lowest BCUT2D eigenvalue weighted by atomic mass is 9.51. The lowest BCUT2D eigenvalue weighted by Crippen LogP contribution is -2.70. The molecule has 4 aliphatic rings. The maximum atomic E-state index is 14.0. The number of carbonyl (C=O) groups is 2. The molecule has 250 valence electrons. The third kappa shape index (κ3) is 6.35. The summed E-state index contributed by atoms with van der Waals surface area (Å²) in [4.78, 5) is 30.9. The Morgan fingerprint density at radius 1 is 0.978 bits per heavy atom. The van der Waals surface area contributed by atoms with Gasteiger partial charge in [0, 0.05) is 29.5 Å². The van der Waals surface area contributed by atoms with E-state index in [1.807, 2.05) is 0 Å². The van der Waals surface area contributed by atoms with E-state index in [2.05, 4.69) is 66.1 Å². The van der Waals surface area contributed by atoms with E-state index in [1.54, 1.807) is 14.0 Å². The van der Waals surface area contributed by atoms with Crippen molar-refractivity contribution in [2.45, 2.75) is 140 Å². The molecule has 2 bridgehead atoms. The first kappa shape index (κ1) is 33.1. The number of methoxy groups -OCH3 is 1. The van der Waals surface area contributed by atoms with E-state index in [-0.39, 0.29) is 35.3 Å². The molecular formula is C40H56N2O4. The Kier molecular flexibility index (Phi) is 10.4. The van der Waals surface area contributed by atoms with Crippen molar-refractivity contribution in [3.63, 3.8) is 0 Å². The maximum Gasteiger partial charge on any atom is 0.223 e. The van der Waals surface area contributed by atoms with Crippen LogP contribution in [0.15, 0.2) is 42.5 Å². The molecule has 5 atom stereocenters. The second-order valence-electron chi connectivity index (χ2n) is 14.9. The number of amides is 1. The zero-order chi connectivity index (χ0) is 32.3. The van der Waals surface area contributed by atoms with Crippen molar-refractivity contribution < 1.29 is 19.1 Å². The van der Waals surface area contributed by atoms with Crippen LogP contribution in [0.3, 0.4) is 0 Å². The monoisotopic (exact) mass is 628 g/mol. The van der Waals surface area contributed by atoms with Gasteiger partial charge in [0.05, 0.1) is 19.7 Å². The SMILES string of the molecule is COc1ccc2c3c1O[C@H]1[C@H](N(C(=O)CCCCCCCCCCc4ccccc4)C(C)C)CC[C@H]4[C@@H](C2)N(CC(C)=O)CC[C@@]341. The summed E-state index contributed by atoms with van der Waals surface area (Å²) >= 11 is 0. The van der Waals surface area contributed by atoms with Gasteiger partial charge in [-0.15, -0.1) is 0 Å². The Morgan fingerprint density at radius 3 is 2.39 bits per heavy atom. The highest BCUT2D eigenvalue weighted by Gasteiger charge is 2.66. The number of rotatable bonds is 16. The van der Waals surface area contributed by atoms with Gasteiger partial charge in [0.15, 0.2) is 11.5 Å². The Labute approximate surface area is 277 Å². The largest absolute Gasteiger partial charge is 0.493 e. The fraction of sp³-hybridized carbons (Fsp3) is 0.650. The number of ether oxygens (including phenoxy) is 2. The second-order valence-corrected chi connectivity index (χ2v) is 14.9.